The van der Waals surface area contributed by atoms with Crippen molar-refractivity contribution in [3.05, 3.63) is 206 Å². The third-order valence-corrected chi connectivity index (χ3v) is 16.3. The predicted molar refractivity (Wildman–Crippen MR) is 263 cm³/mol. The summed E-state index contributed by atoms with van der Waals surface area (Å²) in [4.78, 5) is 0. The standard InChI is InChI=1S/C58H34SSe/c1-2-16-35(17-3-1)53-38-18-4-10-24-44(38)56(45-25-11-5-19-39(45)53)49-29-14-27-46-37-33-32-36(34-52(37)60-58(46)49)54-40-20-6-8-22-42(40)55(43-23-9-7-21-41(43)54)48-28-15-31-51-57(48)47-26-12-13-30-50(47)59-51/h1-34H. The molecule has 0 aliphatic rings. The summed E-state index contributed by atoms with van der Waals surface area (Å²) < 4.78 is 5.59. The second-order valence-corrected chi connectivity index (χ2v) is 19.1. The minimum atomic E-state index is 0.110. The molecule has 0 nitrogen and oxygen atoms in total. The summed E-state index contributed by atoms with van der Waals surface area (Å²) in [6, 6.07) is 77.2. The molecule has 2 heteroatoms. The van der Waals surface area contributed by atoms with Gasteiger partial charge in [0, 0.05) is 0 Å². The van der Waals surface area contributed by atoms with Crippen LogP contribution in [0.25, 0.3) is 127 Å². The van der Waals surface area contributed by atoms with E-state index in [2.05, 4.69) is 206 Å². The van der Waals surface area contributed by atoms with E-state index in [1.54, 1.807) is 0 Å². The third-order valence-electron chi connectivity index (χ3n) is 12.7. The summed E-state index contributed by atoms with van der Waals surface area (Å²) in [5, 5.41) is 15.8. The molecule has 0 atom stereocenters. The van der Waals surface area contributed by atoms with Crippen LogP contribution in [-0.2, 0) is 0 Å². The molecule has 60 heavy (non-hydrogen) atoms. The molecule has 13 rings (SSSR count). The Morgan fingerprint density at radius 2 is 0.733 bits per heavy atom. The van der Waals surface area contributed by atoms with E-state index < -0.39 is 0 Å². The average Bonchev–Trinajstić information content (AvgIpc) is 3.89. The van der Waals surface area contributed by atoms with Crippen LogP contribution in [0.2, 0.25) is 0 Å². The van der Waals surface area contributed by atoms with Gasteiger partial charge in [-0.2, -0.15) is 0 Å². The second kappa shape index (κ2) is 13.4. The molecule has 2 aromatic heterocycles. The molecule has 278 valence electrons. The van der Waals surface area contributed by atoms with Crippen molar-refractivity contribution in [3.63, 3.8) is 0 Å². The van der Waals surface area contributed by atoms with Gasteiger partial charge in [0.1, 0.15) is 0 Å². The first-order chi connectivity index (χ1) is 29.8. The van der Waals surface area contributed by atoms with Crippen molar-refractivity contribution >= 4 is 108 Å². The summed E-state index contributed by atoms with van der Waals surface area (Å²) in [6.45, 7) is 0. The molecule has 0 N–H and O–H groups in total. The first kappa shape index (κ1) is 34.1. The van der Waals surface area contributed by atoms with Crippen LogP contribution in [-0.4, -0.2) is 14.5 Å². The summed E-state index contributed by atoms with van der Waals surface area (Å²) >= 11 is 2.00. The van der Waals surface area contributed by atoms with Gasteiger partial charge in [-0.1, -0.05) is 6.07 Å². The van der Waals surface area contributed by atoms with Gasteiger partial charge in [-0.3, -0.25) is 0 Å². The van der Waals surface area contributed by atoms with Gasteiger partial charge in [0.25, 0.3) is 0 Å². The molecule has 13 aromatic rings. The number of rotatable bonds is 4. The van der Waals surface area contributed by atoms with E-state index in [0.717, 1.165) is 0 Å². The fraction of sp³-hybridized carbons (Fsp3) is 0. The fourth-order valence-electron chi connectivity index (χ4n) is 10.2. The second-order valence-electron chi connectivity index (χ2n) is 15.8. The van der Waals surface area contributed by atoms with E-state index >= 15 is 0 Å². The molecular weight excluding hydrogens is 808 g/mol. The van der Waals surface area contributed by atoms with Crippen LogP contribution in [0.15, 0.2) is 206 Å². The zero-order chi connectivity index (χ0) is 39.3. The molecular formula is C58H34SSe. The van der Waals surface area contributed by atoms with E-state index in [1.807, 2.05) is 11.3 Å². The van der Waals surface area contributed by atoms with E-state index in [9.17, 15) is 0 Å². The number of hydrogen-bond donors (Lipinski definition) is 0. The van der Waals surface area contributed by atoms with Crippen molar-refractivity contribution < 1.29 is 0 Å². The van der Waals surface area contributed by atoms with Crippen molar-refractivity contribution in [2.24, 2.45) is 0 Å². The Labute approximate surface area is 357 Å². The Hall–Kier alpha value is -6.80. The molecule has 0 aliphatic heterocycles. The van der Waals surface area contributed by atoms with Gasteiger partial charge < -0.3 is 0 Å². The van der Waals surface area contributed by atoms with Gasteiger partial charge in [0.15, 0.2) is 0 Å². The molecule has 0 saturated heterocycles. The zero-order valence-corrected chi connectivity index (χ0v) is 35.0. The van der Waals surface area contributed by atoms with Gasteiger partial charge in [-0.25, -0.2) is 0 Å². The summed E-state index contributed by atoms with van der Waals surface area (Å²) in [5.74, 6) is 0. The van der Waals surface area contributed by atoms with Crippen LogP contribution in [0.5, 0.6) is 0 Å². The van der Waals surface area contributed by atoms with E-state index in [4.69, 9.17) is 0 Å². The first-order valence-electron chi connectivity index (χ1n) is 20.6. The van der Waals surface area contributed by atoms with Crippen LogP contribution in [0.1, 0.15) is 0 Å². The quantitative estimate of drug-likeness (QED) is 0.122. The fourth-order valence-corrected chi connectivity index (χ4v) is 14.0. The van der Waals surface area contributed by atoms with E-state index in [-0.39, 0.29) is 14.5 Å². The predicted octanol–water partition coefficient (Wildman–Crippen LogP) is 16.7. The Kier molecular flexibility index (Phi) is 7.59. The van der Waals surface area contributed by atoms with Crippen LogP contribution in [0, 0.1) is 0 Å². The third kappa shape index (κ3) is 4.97. The molecule has 2 heterocycles. The van der Waals surface area contributed by atoms with E-state index in [1.165, 1.54) is 127 Å². The van der Waals surface area contributed by atoms with Crippen LogP contribution in [0.4, 0.5) is 0 Å². The first-order valence-corrected chi connectivity index (χ1v) is 23.1. The zero-order valence-electron chi connectivity index (χ0n) is 32.4. The molecule has 0 unspecified atom stereocenters. The summed E-state index contributed by atoms with van der Waals surface area (Å²) in [7, 11) is 0. The number of thiophene rings is 1. The van der Waals surface area contributed by atoms with E-state index in [0.29, 0.717) is 0 Å². The van der Waals surface area contributed by atoms with Crippen LogP contribution < -0.4 is 0 Å². The molecule has 0 spiro atoms. The van der Waals surface area contributed by atoms with Gasteiger partial charge in [0.2, 0.25) is 0 Å². The van der Waals surface area contributed by atoms with Gasteiger partial charge in [-0.05, 0) is 0 Å². The normalized spacial score (nSPS) is 12.0. The van der Waals surface area contributed by atoms with Gasteiger partial charge in [0.05, 0.1) is 0 Å². The maximum absolute atomic E-state index is 2.52. The van der Waals surface area contributed by atoms with Crippen molar-refractivity contribution in [2.75, 3.05) is 0 Å². The minimum absolute atomic E-state index is 0.110. The molecule has 0 amide bonds. The molecule has 0 aliphatic carbocycles. The molecule has 0 radical (unpaired) electrons. The van der Waals surface area contributed by atoms with Crippen molar-refractivity contribution in [1.82, 2.24) is 0 Å². The van der Waals surface area contributed by atoms with Crippen molar-refractivity contribution in [1.29, 1.82) is 0 Å². The topological polar surface area (TPSA) is 0 Å². The Bertz CT molecular complexity index is 3770. The van der Waals surface area contributed by atoms with Crippen LogP contribution in [0.3, 0.4) is 0 Å². The Morgan fingerprint density at radius 3 is 1.35 bits per heavy atom. The number of hydrogen-bond acceptors (Lipinski definition) is 1. The monoisotopic (exact) mass is 842 g/mol. The van der Waals surface area contributed by atoms with Crippen LogP contribution >= 0.6 is 11.3 Å². The van der Waals surface area contributed by atoms with Crippen molar-refractivity contribution in [2.45, 2.75) is 0 Å². The van der Waals surface area contributed by atoms with Gasteiger partial charge in [-0.15, -0.1) is 0 Å². The summed E-state index contributed by atoms with van der Waals surface area (Å²) in [6.07, 6.45) is 0. The SMILES string of the molecule is c1ccc(-c2c3ccccc3c(-c3cccc4c3[se]c3cc(-c5c6ccccc6c(-c6cccc7sc8ccccc8c67)c6ccccc56)ccc34)c3ccccc23)cc1. The molecule has 0 bridgehead atoms. The Balaban J connectivity index is 1.06. The molecule has 0 saturated carbocycles. The molecule has 11 aromatic carbocycles. The van der Waals surface area contributed by atoms with Crippen molar-refractivity contribution in [3.8, 4) is 44.5 Å². The van der Waals surface area contributed by atoms with Gasteiger partial charge >= 0.3 is 353 Å². The average molecular weight is 842 g/mol. The maximum atomic E-state index is 2.52. The number of benzene rings is 11. The number of fused-ring (bicyclic) bond motifs is 10. The Morgan fingerprint density at radius 1 is 0.283 bits per heavy atom. The summed E-state index contributed by atoms with van der Waals surface area (Å²) in [5.41, 5.74) is 10.5. The molecule has 0 fully saturated rings.